The van der Waals surface area contributed by atoms with Crippen molar-refractivity contribution in [2.24, 2.45) is 0 Å². The second-order valence-electron chi connectivity index (χ2n) is 5.70. The fraction of sp³-hybridized carbons (Fsp3) is 0.250. The van der Waals surface area contributed by atoms with Crippen LogP contribution in [0.25, 0.3) is 21.9 Å². The lowest BCUT2D eigenvalue weighted by atomic mass is 9.87. The fourth-order valence-corrected chi connectivity index (χ4v) is 2.56. The quantitative estimate of drug-likeness (QED) is 0.523. The second-order valence-corrected chi connectivity index (χ2v) is 6.62. The van der Waals surface area contributed by atoms with Crippen LogP contribution in [0.5, 0.6) is 0 Å². The maximum absolute atomic E-state index is 5.94. The number of furan rings is 1. The van der Waals surface area contributed by atoms with E-state index in [-0.39, 0.29) is 5.41 Å². The van der Waals surface area contributed by atoms with Gasteiger partial charge in [-0.15, -0.1) is 0 Å². The summed E-state index contributed by atoms with van der Waals surface area (Å²) in [5, 5.41) is 2.36. The van der Waals surface area contributed by atoms with Crippen molar-refractivity contribution in [1.82, 2.24) is 0 Å². The third-order valence-corrected chi connectivity index (χ3v) is 3.79. The summed E-state index contributed by atoms with van der Waals surface area (Å²) in [6.45, 7) is 6.65. The molecule has 0 aliphatic rings. The maximum atomic E-state index is 5.94. The van der Waals surface area contributed by atoms with Crippen molar-refractivity contribution in [2.45, 2.75) is 26.2 Å². The van der Waals surface area contributed by atoms with E-state index in [1.54, 1.807) is 0 Å². The van der Waals surface area contributed by atoms with Crippen LogP contribution in [0.1, 0.15) is 26.3 Å². The molecule has 3 rings (SSSR count). The topological polar surface area (TPSA) is 13.1 Å². The third-order valence-electron chi connectivity index (χ3n) is 3.30. The Labute approximate surface area is 115 Å². The lowest BCUT2D eigenvalue weighted by molar-refractivity contribution is 0.587. The largest absolute Gasteiger partial charge is 0.456 e. The molecule has 0 bridgehead atoms. The molecular weight excluding hydrogens is 288 g/mol. The van der Waals surface area contributed by atoms with Gasteiger partial charge in [0, 0.05) is 15.2 Å². The van der Waals surface area contributed by atoms with Gasteiger partial charge in [-0.25, -0.2) is 0 Å². The summed E-state index contributed by atoms with van der Waals surface area (Å²) in [4.78, 5) is 0. The number of hydrogen-bond acceptors (Lipinski definition) is 1. The zero-order valence-electron chi connectivity index (χ0n) is 10.8. The number of fused-ring (bicyclic) bond motifs is 3. The van der Waals surface area contributed by atoms with E-state index in [9.17, 15) is 0 Å². The average molecular weight is 303 g/mol. The molecule has 1 aromatic heterocycles. The molecule has 0 fully saturated rings. The molecule has 2 heteroatoms. The minimum atomic E-state index is 0.147. The van der Waals surface area contributed by atoms with Gasteiger partial charge >= 0.3 is 0 Å². The molecule has 0 saturated carbocycles. The first-order valence-electron chi connectivity index (χ1n) is 6.07. The highest BCUT2D eigenvalue weighted by atomic mass is 79.9. The van der Waals surface area contributed by atoms with Crippen LogP contribution in [-0.2, 0) is 5.41 Å². The summed E-state index contributed by atoms with van der Waals surface area (Å²) in [6.07, 6.45) is 0. The van der Waals surface area contributed by atoms with Crippen LogP contribution in [0.15, 0.2) is 45.3 Å². The molecule has 0 N–H and O–H groups in total. The molecular formula is C16H15BrO. The van der Waals surface area contributed by atoms with Crippen molar-refractivity contribution >= 4 is 37.9 Å². The zero-order valence-corrected chi connectivity index (χ0v) is 12.3. The van der Waals surface area contributed by atoms with Crippen LogP contribution >= 0.6 is 15.9 Å². The Bertz CT molecular complexity index is 732. The van der Waals surface area contributed by atoms with Gasteiger partial charge in [0.25, 0.3) is 0 Å². The highest BCUT2D eigenvalue weighted by Crippen LogP contribution is 2.33. The molecule has 0 saturated heterocycles. The maximum Gasteiger partial charge on any atom is 0.136 e. The first-order chi connectivity index (χ1) is 8.45. The molecule has 2 aromatic carbocycles. The zero-order chi connectivity index (χ0) is 12.9. The monoisotopic (exact) mass is 302 g/mol. The van der Waals surface area contributed by atoms with Crippen LogP contribution < -0.4 is 0 Å². The van der Waals surface area contributed by atoms with Gasteiger partial charge in [-0.3, -0.25) is 0 Å². The predicted molar refractivity (Wildman–Crippen MR) is 80.1 cm³/mol. The highest BCUT2D eigenvalue weighted by Gasteiger charge is 2.16. The Morgan fingerprint density at radius 3 is 2.17 bits per heavy atom. The molecule has 0 aliphatic carbocycles. The molecule has 0 aliphatic heterocycles. The Kier molecular flexibility index (Phi) is 2.53. The molecule has 1 heterocycles. The van der Waals surface area contributed by atoms with E-state index in [1.807, 2.05) is 6.07 Å². The summed E-state index contributed by atoms with van der Waals surface area (Å²) in [5.41, 5.74) is 3.35. The molecule has 92 valence electrons. The number of halogens is 1. The van der Waals surface area contributed by atoms with E-state index in [2.05, 4.69) is 67.0 Å². The number of benzene rings is 2. The van der Waals surface area contributed by atoms with E-state index in [0.29, 0.717) is 0 Å². The van der Waals surface area contributed by atoms with Crippen molar-refractivity contribution in [2.75, 3.05) is 0 Å². The molecule has 3 aromatic rings. The van der Waals surface area contributed by atoms with Crippen LogP contribution in [0.2, 0.25) is 0 Å². The summed E-state index contributed by atoms with van der Waals surface area (Å²) in [7, 11) is 0. The van der Waals surface area contributed by atoms with Crippen molar-refractivity contribution < 1.29 is 4.42 Å². The second kappa shape index (κ2) is 3.86. The number of rotatable bonds is 0. The van der Waals surface area contributed by atoms with Gasteiger partial charge in [-0.2, -0.15) is 0 Å². The lowest BCUT2D eigenvalue weighted by Gasteiger charge is -2.18. The molecule has 0 spiro atoms. The van der Waals surface area contributed by atoms with Gasteiger partial charge < -0.3 is 4.42 Å². The lowest BCUT2D eigenvalue weighted by Crippen LogP contribution is -2.10. The highest BCUT2D eigenvalue weighted by molar-refractivity contribution is 9.10. The van der Waals surface area contributed by atoms with E-state index < -0.39 is 0 Å². The smallest absolute Gasteiger partial charge is 0.136 e. The van der Waals surface area contributed by atoms with Crippen LogP contribution in [-0.4, -0.2) is 0 Å². The van der Waals surface area contributed by atoms with Gasteiger partial charge in [0.15, 0.2) is 0 Å². The van der Waals surface area contributed by atoms with Gasteiger partial charge in [-0.05, 0) is 35.2 Å². The van der Waals surface area contributed by atoms with E-state index >= 15 is 0 Å². The average Bonchev–Trinajstić information content (AvgIpc) is 2.63. The Hall–Kier alpha value is -1.28. The van der Waals surface area contributed by atoms with Gasteiger partial charge in [-0.1, -0.05) is 48.8 Å². The fourth-order valence-electron chi connectivity index (χ4n) is 2.22. The molecule has 1 nitrogen and oxygen atoms in total. The summed E-state index contributed by atoms with van der Waals surface area (Å²) in [5.74, 6) is 0. The summed E-state index contributed by atoms with van der Waals surface area (Å²) < 4.78 is 6.99. The van der Waals surface area contributed by atoms with E-state index in [0.717, 1.165) is 15.6 Å². The predicted octanol–water partition coefficient (Wildman–Crippen LogP) is 5.65. The first kappa shape index (κ1) is 11.8. The van der Waals surface area contributed by atoms with Crippen molar-refractivity contribution in [1.29, 1.82) is 0 Å². The van der Waals surface area contributed by atoms with Crippen molar-refractivity contribution in [3.8, 4) is 0 Å². The van der Waals surface area contributed by atoms with Crippen LogP contribution in [0.3, 0.4) is 0 Å². The van der Waals surface area contributed by atoms with Crippen LogP contribution in [0.4, 0.5) is 0 Å². The molecule has 0 amide bonds. The molecule has 0 atom stereocenters. The van der Waals surface area contributed by atoms with Gasteiger partial charge in [0.2, 0.25) is 0 Å². The van der Waals surface area contributed by atoms with E-state index in [4.69, 9.17) is 4.42 Å². The van der Waals surface area contributed by atoms with Gasteiger partial charge in [0.1, 0.15) is 11.2 Å². The Morgan fingerprint density at radius 1 is 0.889 bits per heavy atom. The third kappa shape index (κ3) is 1.85. The van der Waals surface area contributed by atoms with Crippen LogP contribution in [0, 0.1) is 0 Å². The minimum absolute atomic E-state index is 0.147. The molecule has 0 unspecified atom stereocenters. The molecule has 0 radical (unpaired) electrons. The summed E-state index contributed by atoms with van der Waals surface area (Å²) in [6, 6.07) is 12.7. The SMILES string of the molecule is CC(C)(C)c1ccc2c(c1)oc1cc(Br)ccc12. The molecule has 18 heavy (non-hydrogen) atoms. The Balaban J connectivity index is 2.33. The number of hydrogen-bond donors (Lipinski definition) is 0. The minimum Gasteiger partial charge on any atom is -0.456 e. The summed E-state index contributed by atoms with van der Waals surface area (Å²) >= 11 is 3.48. The standard InChI is InChI=1S/C16H15BrO/c1-16(2,3)10-4-6-12-13-7-5-11(17)9-15(13)18-14(12)8-10/h4-9H,1-3H3. The van der Waals surface area contributed by atoms with E-state index in [1.165, 1.54) is 16.3 Å². The Morgan fingerprint density at radius 2 is 1.50 bits per heavy atom. The first-order valence-corrected chi connectivity index (χ1v) is 6.87. The van der Waals surface area contributed by atoms with Crippen molar-refractivity contribution in [3.63, 3.8) is 0 Å². The normalized spacial score (nSPS) is 12.4. The van der Waals surface area contributed by atoms with Gasteiger partial charge in [0.05, 0.1) is 0 Å². The van der Waals surface area contributed by atoms with Crippen molar-refractivity contribution in [3.05, 3.63) is 46.4 Å².